The molecule has 1 nitrogen and oxygen atoms in total. The van der Waals surface area contributed by atoms with Crippen LogP contribution in [0.25, 0.3) is 5.57 Å². The maximum absolute atomic E-state index is 10.1. The van der Waals surface area contributed by atoms with Gasteiger partial charge in [-0.15, -0.1) is 0 Å². The predicted molar refractivity (Wildman–Crippen MR) is 63.8 cm³/mol. The lowest BCUT2D eigenvalue weighted by atomic mass is 9.92. The Balaban J connectivity index is 2.68. The first-order chi connectivity index (χ1) is 7.04. The van der Waals surface area contributed by atoms with Crippen LogP contribution in [0.1, 0.15) is 56.4 Å². The molecule has 0 fully saturated rings. The van der Waals surface area contributed by atoms with Crippen LogP contribution in [0.4, 0.5) is 0 Å². The smallest absolute Gasteiger partial charge is 0.101 e. The second-order valence-corrected chi connectivity index (χ2v) is 4.68. The summed E-state index contributed by atoms with van der Waals surface area (Å²) in [6.07, 6.45) is -0.390. The summed E-state index contributed by atoms with van der Waals surface area (Å²) in [5, 5.41) is 10.1. The Hall–Kier alpha value is -1.08. The fourth-order valence-electron chi connectivity index (χ4n) is 2.37. The van der Waals surface area contributed by atoms with Crippen molar-refractivity contribution in [2.45, 2.75) is 39.7 Å². The molecule has 0 saturated heterocycles. The van der Waals surface area contributed by atoms with Gasteiger partial charge in [0.05, 0.1) is 0 Å². The van der Waals surface area contributed by atoms with Crippen LogP contribution in [0.15, 0.2) is 23.8 Å². The van der Waals surface area contributed by atoms with E-state index in [2.05, 4.69) is 26.8 Å². The number of aliphatic hydroxyl groups is 1. The highest BCUT2D eigenvalue weighted by atomic mass is 16.3. The van der Waals surface area contributed by atoms with Crippen molar-refractivity contribution >= 4 is 5.57 Å². The second kappa shape index (κ2) is 3.49. The first kappa shape index (κ1) is 10.4. The second-order valence-electron chi connectivity index (χ2n) is 4.68. The van der Waals surface area contributed by atoms with Crippen LogP contribution in [0.2, 0.25) is 0 Å². The fraction of sp³-hybridized carbons (Fsp3) is 0.429. The molecule has 1 aliphatic rings. The lowest BCUT2D eigenvalue weighted by Gasteiger charge is -2.13. The van der Waals surface area contributed by atoms with Crippen molar-refractivity contribution in [2.24, 2.45) is 0 Å². The highest BCUT2D eigenvalue weighted by Gasteiger charge is 2.26. The van der Waals surface area contributed by atoms with Gasteiger partial charge in [-0.05, 0) is 47.6 Å². The van der Waals surface area contributed by atoms with E-state index in [0.717, 1.165) is 11.1 Å². The minimum atomic E-state index is -0.390. The van der Waals surface area contributed by atoms with Crippen LogP contribution in [-0.4, -0.2) is 5.11 Å². The molecule has 1 aromatic carbocycles. The Labute approximate surface area is 91.4 Å². The molecule has 1 unspecified atom stereocenters. The van der Waals surface area contributed by atoms with Gasteiger partial charge >= 0.3 is 0 Å². The number of fused-ring (bicyclic) bond motifs is 1. The summed E-state index contributed by atoms with van der Waals surface area (Å²) in [6.45, 7) is 8.52. The van der Waals surface area contributed by atoms with Gasteiger partial charge in [-0.25, -0.2) is 0 Å². The van der Waals surface area contributed by atoms with Gasteiger partial charge < -0.3 is 5.11 Å². The summed E-state index contributed by atoms with van der Waals surface area (Å²) in [7, 11) is 0. The molecule has 1 N–H and O–H groups in total. The zero-order valence-electron chi connectivity index (χ0n) is 9.83. The van der Waals surface area contributed by atoms with E-state index in [1.165, 1.54) is 16.7 Å². The third-order valence-corrected chi connectivity index (χ3v) is 3.42. The first-order valence-corrected chi connectivity index (χ1v) is 5.52. The van der Waals surface area contributed by atoms with E-state index in [9.17, 15) is 5.11 Å². The molecular weight excluding hydrogens is 184 g/mol. The molecule has 1 aliphatic carbocycles. The third-order valence-electron chi connectivity index (χ3n) is 3.42. The van der Waals surface area contributed by atoms with Crippen molar-refractivity contribution in [3.8, 4) is 0 Å². The monoisotopic (exact) mass is 202 g/mol. The Bertz CT molecular complexity index is 427. The van der Waals surface area contributed by atoms with Crippen molar-refractivity contribution in [1.82, 2.24) is 0 Å². The predicted octanol–water partition coefficient (Wildman–Crippen LogP) is 3.65. The van der Waals surface area contributed by atoms with Crippen molar-refractivity contribution in [3.63, 3.8) is 0 Å². The summed E-state index contributed by atoms with van der Waals surface area (Å²) in [5.74, 6) is 0.507. The van der Waals surface area contributed by atoms with Gasteiger partial charge in [0.15, 0.2) is 0 Å². The highest BCUT2D eigenvalue weighted by Crippen LogP contribution is 2.43. The molecule has 1 aromatic rings. The van der Waals surface area contributed by atoms with E-state index in [1.807, 2.05) is 19.1 Å². The molecule has 1 heteroatoms. The largest absolute Gasteiger partial charge is 0.384 e. The topological polar surface area (TPSA) is 20.2 Å². The normalized spacial score (nSPS) is 20.0. The average molecular weight is 202 g/mol. The lowest BCUT2D eigenvalue weighted by molar-refractivity contribution is 0.219. The number of aliphatic hydroxyl groups excluding tert-OH is 1. The van der Waals surface area contributed by atoms with Crippen LogP contribution in [-0.2, 0) is 0 Å². The summed E-state index contributed by atoms with van der Waals surface area (Å²) >= 11 is 0. The van der Waals surface area contributed by atoms with Crippen LogP contribution in [0.5, 0.6) is 0 Å². The Morgan fingerprint density at radius 2 is 1.87 bits per heavy atom. The maximum atomic E-state index is 10.1. The van der Waals surface area contributed by atoms with E-state index in [-0.39, 0.29) is 0 Å². The Morgan fingerprint density at radius 1 is 1.20 bits per heavy atom. The van der Waals surface area contributed by atoms with Gasteiger partial charge in [0.2, 0.25) is 0 Å². The van der Waals surface area contributed by atoms with E-state index < -0.39 is 6.10 Å². The van der Waals surface area contributed by atoms with Gasteiger partial charge in [-0.1, -0.05) is 32.0 Å². The minimum absolute atomic E-state index is 0.390. The summed E-state index contributed by atoms with van der Waals surface area (Å²) in [5.41, 5.74) is 6.05. The van der Waals surface area contributed by atoms with Crippen molar-refractivity contribution in [2.75, 3.05) is 0 Å². The molecular formula is C14H18O. The molecule has 0 saturated carbocycles. The molecule has 80 valence electrons. The Morgan fingerprint density at radius 3 is 2.47 bits per heavy atom. The molecule has 0 spiro atoms. The number of benzene rings is 1. The van der Waals surface area contributed by atoms with Gasteiger partial charge in [-0.3, -0.25) is 0 Å². The molecule has 0 amide bonds. The molecule has 0 aliphatic heterocycles. The van der Waals surface area contributed by atoms with Crippen molar-refractivity contribution in [1.29, 1.82) is 0 Å². The molecule has 1 atom stereocenters. The summed E-state index contributed by atoms with van der Waals surface area (Å²) in [6, 6.07) is 6.24. The fourth-order valence-corrected chi connectivity index (χ4v) is 2.37. The molecule has 15 heavy (non-hydrogen) atoms. The van der Waals surface area contributed by atoms with Crippen LogP contribution in [0, 0.1) is 0 Å². The van der Waals surface area contributed by atoms with Crippen molar-refractivity contribution in [3.05, 3.63) is 40.5 Å². The van der Waals surface area contributed by atoms with E-state index in [4.69, 9.17) is 0 Å². The summed E-state index contributed by atoms with van der Waals surface area (Å²) in [4.78, 5) is 0. The number of allylic oxidation sites excluding steroid dienone is 1. The van der Waals surface area contributed by atoms with E-state index in [0.29, 0.717) is 5.92 Å². The molecule has 0 aromatic heterocycles. The van der Waals surface area contributed by atoms with Gasteiger partial charge in [0, 0.05) is 0 Å². The molecule has 0 bridgehead atoms. The standard InChI is InChI=1S/C14H18O/c1-8(2)11-6-5-7-12-13(11)9(3)10(4)14(12)15/h5-8,14-15H,1-4H3. The first-order valence-electron chi connectivity index (χ1n) is 5.52. The molecule has 2 rings (SSSR count). The molecule has 0 radical (unpaired) electrons. The third kappa shape index (κ3) is 1.42. The van der Waals surface area contributed by atoms with Gasteiger partial charge in [0.1, 0.15) is 6.10 Å². The Kier molecular flexibility index (Phi) is 2.43. The van der Waals surface area contributed by atoms with E-state index >= 15 is 0 Å². The van der Waals surface area contributed by atoms with Gasteiger partial charge in [-0.2, -0.15) is 0 Å². The lowest BCUT2D eigenvalue weighted by Crippen LogP contribution is -1.98. The highest BCUT2D eigenvalue weighted by molar-refractivity contribution is 5.78. The number of hydrogen-bond acceptors (Lipinski definition) is 1. The minimum Gasteiger partial charge on any atom is -0.384 e. The zero-order chi connectivity index (χ0) is 11.2. The SMILES string of the molecule is CC1=C(C)C(O)c2cccc(C(C)C)c21. The van der Waals surface area contributed by atoms with Gasteiger partial charge in [0.25, 0.3) is 0 Å². The maximum Gasteiger partial charge on any atom is 0.101 e. The number of hydrogen-bond donors (Lipinski definition) is 1. The van der Waals surface area contributed by atoms with Crippen LogP contribution in [0.3, 0.4) is 0 Å². The van der Waals surface area contributed by atoms with Crippen LogP contribution < -0.4 is 0 Å². The van der Waals surface area contributed by atoms with Crippen molar-refractivity contribution < 1.29 is 5.11 Å². The van der Waals surface area contributed by atoms with E-state index in [1.54, 1.807) is 0 Å². The zero-order valence-corrected chi connectivity index (χ0v) is 9.83. The number of rotatable bonds is 1. The van der Waals surface area contributed by atoms with Crippen LogP contribution >= 0.6 is 0 Å². The summed E-state index contributed by atoms with van der Waals surface area (Å²) < 4.78 is 0. The average Bonchev–Trinajstić information content (AvgIpc) is 2.44. The quantitative estimate of drug-likeness (QED) is 0.737. The molecule has 0 heterocycles.